The number of hydrogen-bond acceptors (Lipinski definition) is 4. The number of methoxy groups -OCH3 is 1. The first kappa shape index (κ1) is 12.9. The molecule has 1 saturated heterocycles. The van der Waals surface area contributed by atoms with E-state index < -0.39 is 0 Å². The summed E-state index contributed by atoms with van der Waals surface area (Å²) in [5.74, 6) is 0. The van der Waals surface area contributed by atoms with Gasteiger partial charge in [-0.15, -0.1) is 0 Å². The lowest BCUT2D eigenvalue weighted by atomic mass is 10.2. The van der Waals surface area contributed by atoms with Crippen LogP contribution in [-0.4, -0.2) is 76.4 Å². The monoisotopic (exact) mass is 215 g/mol. The predicted octanol–water partition coefficient (Wildman–Crippen LogP) is -0.142. The number of nitrogens with zero attached hydrogens (tertiary/aromatic N) is 2. The maximum Gasteiger partial charge on any atom is 0.0474 e. The van der Waals surface area contributed by atoms with Gasteiger partial charge in [-0.2, -0.15) is 0 Å². The van der Waals surface area contributed by atoms with E-state index in [2.05, 4.69) is 29.2 Å². The van der Waals surface area contributed by atoms with Gasteiger partial charge in [-0.25, -0.2) is 0 Å². The summed E-state index contributed by atoms with van der Waals surface area (Å²) in [6.07, 6.45) is 1.10. The zero-order valence-electron chi connectivity index (χ0n) is 10.3. The minimum absolute atomic E-state index is 0.659. The summed E-state index contributed by atoms with van der Waals surface area (Å²) in [4.78, 5) is 4.85. The Morgan fingerprint density at radius 3 is 2.87 bits per heavy atom. The Morgan fingerprint density at radius 1 is 1.33 bits per heavy atom. The van der Waals surface area contributed by atoms with Crippen LogP contribution in [0.5, 0.6) is 0 Å². The van der Waals surface area contributed by atoms with Gasteiger partial charge in [-0.05, 0) is 27.1 Å². The second kappa shape index (κ2) is 7.17. The molecule has 0 amide bonds. The molecule has 0 aliphatic carbocycles. The quantitative estimate of drug-likeness (QED) is 0.624. The molecule has 0 aromatic carbocycles. The number of likely N-dealkylation sites (N-methyl/N-ethyl adjacent to an activating group) is 2. The molecular weight excluding hydrogens is 190 g/mol. The minimum Gasteiger partial charge on any atom is -0.385 e. The van der Waals surface area contributed by atoms with Gasteiger partial charge in [0.05, 0.1) is 0 Å². The van der Waals surface area contributed by atoms with Gasteiger partial charge in [0, 0.05) is 45.9 Å². The maximum atomic E-state index is 5.01. The molecule has 1 aliphatic rings. The first-order valence-corrected chi connectivity index (χ1v) is 5.82. The van der Waals surface area contributed by atoms with E-state index in [4.69, 9.17) is 4.74 Å². The normalized spacial score (nSPS) is 24.6. The first-order valence-electron chi connectivity index (χ1n) is 5.82. The molecule has 0 aromatic heterocycles. The highest BCUT2D eigenvalue weighted by atomic mass is 16.5. The number of rotatable bonds is 6. The van der Waals surface area contributed by atoms with Crippen molar-refractivity contribution in [2.24, 2.45) is 0 Å². The van der Waals surface area contributed by atoms with Gasteiger partial charge in [-0.1, -0.05) is 0 Å². The molecule has 0 spiro atoms. The van der Waals surface area contributed by atoms with Crippen molar-refractivity contribution < 1.29 is 4.74 Å². The zero-order valence-corrected chi connectivity index (χ0v) is 10.3. The Labute approximate surface area is 93.6 Å². The summed E-state index contributed by atoms with van der Waals surface area (Å²) in [6, 6.07) is 0.659. The first-order chi connectivity index (χ1) is 7.24. The summed E-state index contributed by atoms with van der Waals surface area (Å²) >= 11 is 0. The Balaban J connectivity index is 2.08. The highest BCUT2D eigenvalue weighted by Crippen LogP contribution is 2.04. The molecule has 90 valence electrons. The van der Waals surface area contributed by atoms with Crippen LogP contribution in [0.15, 0.2) is 0 Å². The zero-order chi connectivity index (χ0) is 11.1. The van der Waals surface area contributed by atoms with Crippen LogP contribution < -0.4 is 5.32 Å². The molecule has 1 aliphatic heterocycles. The predicted molar refractivity (Wildman–Crippen MR) is 63.3 cm³/mol. The number of piperazine rings is 1. The van der Waals surface area contributed by atoms with E-state index in [0.29, 0.717) is 6.04 Å². The Kier molecular flexibility index (Phi) is 6.17. The number of hydrogen-bond donors (Lipinski definition) is 1. The highest BCUT2D eigenvalue weighted by molar-refractivity contribution is 4.79. The third-order valence-corrected chi connectivity index (χ3v) is 3.06. The Hall–Kier alpha value is -0.160. The lowest BCUT2D eigenvalue weighted by Gasteiger charge is -2.37. The van der Waals surface area contributed by atoms with Crippen molar-refractivity contribution in [2.45, 2.75) is 12.5 Å². The van der Waals surface area contributed by atoms with E-state index in [9.17, 15) is 0 Å². The molecule has 0 saturated carbocycles. The van der Waals surface area contributed by atoms with Gasteiger partial charge in [0.1, 0.15) is 0 Å². The summed E-state index contributed by atoms with van der Waals surface area (Å²) in [7, 11) is 6.17. The van der Waals surface area contributed by atoms with Gasteiger partial charge in [0.2, 0.25) is 0 Å². The summed E-state index contributed by atoms with van der Waals surface area (Å²) in [5, 5.41) is 3.49. The molecule has 1 unspecified atom stereocenters. The smallest absolute Gasteiger partial charge is 0.0474 e. The van der Waals surface area contributed by atoms with Crippen LogP contribution in [0, 0.1) is 0 Å². The molecule has 1 heterocycles. The lowest BCUT2D eigenvalue weighted by molar-refractivity contribution is 0.113. The Morgan fingerprint density at radius 2 is 2.13 bits per heavy atom. The summed E-state index contributed by atoms with van der Waals surface area (Å²) < 4.78 is 5.01. The van der Waals surface area contributed by atoms with E-state index in [-0.39, 0.29) is 0 Å². The second-order valence-electron chi connectivity index (χ2n) is 4.45. The van der Waals surface area contributed by atoms with Crippen molar-refractivity contribution in [1.29, 1.82) is 0 Å². The Bertz CT molecular complexity index is 166. The maximum absolute atomic E-state index is 5.01. The second-order valence-corrected chi connectivity index (χ2v) is 4.45. The average molecular weight is 215 g/mol. The van der Waals surface area contributed by atoms with Crippen molar-refractivity contribution >= 4 is 0 Å². The van der Waals surface area contributed by atoms with Crippen LogP contribution in [0.2, 0.25) is 0 Å². The third-order valence-electron chi connectivity index (χ3n) is 3.06. The van der Waals surface area contributed by atoms with Gasteiger partial charge in [0.15, 0.2) is 0 Å². The average Bonchev–Trinajstić information content (AvgIpc) is 2.23. The molecule has 4 nitrogen and oxygen atoms in total. The van der Waals surface area contributed by atoms with Crippen molar-refractivity contribution in [3.05, 3.63) is 0 Å². The van der Waals surface area contributed by atoms with Crippen molar-refractivity contribution in [2.75, 3.05) is 60.5 Å². The van der Waals surface area contributed by atoms with E-state index in [1.54, 1.807) is 7.11 Å². The SMILES string of the molecule is COCCCNCC1CN(C)CCN1C. The van der Waals surface area contributed by atoms with Crippen LogP contribution in [0.3, 0.4) is 0 Å². The fourth-order valence-corrected chi connectivity index (χ4v) is 1.93. The lowest BCUT2D eigenvalue weighted by Crippen LogP contribution is -2.53. The molecule has 1 rings (SSSR count). The van der Waals surface area contributed by atoms with E-state index in [0.717, 1.165) is 26.1 Å². The largest absolute Gasteiger partial charge is 0.385 e. The topological polar surface area (TPSA) is 27.7 Å². The van der Waals surface area contributed by atoms with Crippen LogP contribution in [-0.2, 0) is 4.74 Å². The van der Waals surface area contributed by atoms with Crippen molar-refractivity contribution in [3.8, 4) is 0 Å². The summed E-state index contributed by atoms with van der Waals surface area (Å²) in [5.41, 5.74) is 0. The van der Waals surface area contributed by atoms with Gasteiger partial charge >= 0.3 is 0 Å². The van der Waals surface area contributed by atoms with Crippen LogP contribution in [0.4, 0.5) is 0 Å². The van der Waals surface area contributed by atoms with Gasteiger partial charge in [-0.3, -0.25) is 4.90 Å². The van der Waals surface area contributed by atoms with Crippen molar-refractivity contribution in [3.63, 3.8) is 0 Å². The van der Waals surface area contributed by atoms with Crippen molar-refractivity contribution in [1.82, 2.24) is 15.1 Å². The van der Waals surface area contributed by atoms with Crippen LogP contribution in [0.25, 0.3) is 0 Å². The molecule has 0 aromatic rings. The van der Waals surface area contributed by atoms with Gasteiger partial charge < -0.3 is 15.0 Å². The van der Waals surface area contributed by atoms with Crippen LogP contribution in [0.1, 0.15) is 6.42 Å². The van der Waals surface area contributed by atoms with Gasteiger partial charge in [0.25, 0.3) is 0 Å². The molecule has 0 bridgehead atoms. The highest BCUT2D eigenvalue weighted by Gasteiger charge is 2.21. The summed E-state index contributed by atoms with van der Waals surface area (Å²) in [6.45, 7) is 6.55. The molecule has 1 atom stereocenters. The molecule has 0 radical (unpaired) electrons. The van der Waals surface area contributed by atoms with E-state index in [1.165, 1.54) is 19.6 Å². The number of nitrogens with one attached hydrogen (secondary N) is 1. The molecule has 1 fully saturated rings. The standard InChI is InChI=1S/C11H25N3O/c1-13-6-7-14(2)11(10-13)9-12-5-4-8-15-3/h11-12H,4-10H2,1-3H3. The van der Waals surface area contributed by atoms with E-state index >= 15 is 0 Å². The van der Waals surface area contributed by atoms with E-state index in [1.807, 2.05) is 0 Å². The molecule has 15 heavy (non-hydrogen) atoms. The third kappa shape index (κ3) is 4.93. The molecular formula is C11H25N3O. The fraction of sp³-hybridized carbons (Fsp3) is 1.00. The number of ether oxygens (including phenoxy) is 1. The fourth-order valence-electron chi connectivity index (χ4n) is 1.93. The minimum atomic E-state index is 0.659. The van der Waals surface area contributed by atoms with Crippen LogP contribution >= 0.6 is 0 Å². The molecule has 1 N–H and O–H groups in total. The molecule has 4 heteroatoms.